The average molecular weight is 748 g/mol. The fourth-order valence-electron chi connectivity index (χ4n) is 5.70. The molecule has 0 saturated heterocycles. The number of ether oxygens (including phenoxy) is 4. The van der Waals surface area contributed by atoms with Crippen molar-refractivity contribution < 1.29 is 45.7 Å². The summed E-state index contributed by atoms with van der Waals surface area (Å²) in [6.07, 6.45) is 1.19. The van der Waals surface area contributed by atoms with Crippen LogP contribution in [0.3, 0.4) is 0 Å². The van der Waals surface area contributed by atoms with E-state index in [0.717, 1.165) is 6.42 Å². The quantitative estimate of drug-likeness (QED) is 0.283. The van der Waals surface area contributed by atoms with Gasteiger partial charge in [-0.15, -0.1) is 0 Å². The summed E-state index contributed by atoms with van der Waals surface area (Å²) in [6.45, 7) is 5.58. The number of hydrogen-bond acceptors (Lipinski definition) is 10. The van der Waals surface area contributed by atoms with Crippen LogP contribution in [0.4, 0.5) is 5.69 Å². The Hall–Kier alpha value is -3.89. The molecule has 4 rings (SSSR count). The zero-order valence-electron chi connectivity index (χ0n) is 29.9. The van der Waals surface area contributed by atoms with E-state index in [4.69, 9.17) is 18.9 Å². The van der Waals surface area contributed by atoms with Crippen LogP contribution in [0, 0.1) is 5.92 Å². The molecule has 0 unspecified atom stereocenters. The maximum absolute atomic E-state index is 14.4. The lowest BCUT2D eigenvalue weighted by atomic mass is 10.0. The largest absolute Gasteiger partial charge is 0.497 e. The number of benzene rings is 3. The third kappa shape index (κ3) is 10.1. The van der Waals surface area contributed by atoms with Gasteiger partial charge in [0.1, 0.15) is 17.2 Å². The molecule has 1 aliphatic rings. The van der Waals surface area contributed by atoms with Crippen molar-refractivity contribution in [2.75, 3.05) is 52.3 Å². The molecule has 280 valence electrons. The number of likely N-dealkylation sites (N-methyl/N-ethyl adjacent to an activating group) is 1. The average Bonchev–Trinajstić information content (AvgIpc) is 3.12. The standard InChI is InChI=1S/C36H49N3O10S2/c1-25-22-39(26(2)24-40)36(41)33-21-28(37-50(42,43)31-15-11-29(46-5)12-16-31)10-19-34(33)49-27(3)9-7-8-20-48-35(25)23-38(4)51(44,45)32-17-13-30(47-6)14-18-32/h10-19,21,25-27,35,37,40H,7-9,20,22-24H2,1-6H3/t25-,26-,27+,35-/m1/s1. The van der Waals surface area contributed by atoms with Crippen molar-refractivity contribution in [3.05, 3.63) is 72.3 Å². The summed E-state index contributed by atoms with van der Waals surface area (Å²) in [6, 6.07) is 15.9. The number of fused-ring (bicyclic) bond motifs is 1. The van der Waals surface area contributed by atoms with Gasteiger partial charge in [-0.2, -0.15) is 4.31 Å². The van der Waals surface area contributed by atoms with Gasteiger partial charge in [0.05, 0.1) is 54.4 Å². The number of aliphatic hydroxyl groups excluding tert-OH is 1. The number of nitrogens with one attached hydrogen (secondary N) is 1. The Kier molecular flexibility index (Phi) is 13.7. The van der Waals surface area contributed by atoms with Crippen molar-refractivity contribution in [1.29, 1.82) is 0 Å². The minimum atomic E-state index is -4.03. The zero-order valence-corrected chi connectivity index (χ0v) is 31.6. The molecular weight excluding hydrogens is 699 g/mol. The highest BCUT2D eigenvalue weighted by molar-refractivity contribution is 7.92. The fourth-order valence-corrected chi connectivity index (χ4v) is 7.93. The maximum Gasteiger partial charge on any atom is 0.261 e. The monoisotopic (exact) mass is 747 g/mol. The number of anilines is 1. The molecule has 0 spiro atoms. The number of nitrogens with zero attached hydrogens (tertiary/aromatic N) is 2. The summed E-state index contributed by atoms with van der Waals surface area (Å²) in [4.78, 5) is 16.0. The lowest BCUT2D eigenvalue weighted by Gasteiger charge is -2.35. The molecule has 13 nitrogen and oxygen atoms in total. The van der Waals surface area contributed by atoms with Gasteiger partial charge in [-0.3, -0.25) is 9.52 Å². The Morgan fingerprint density at radius 1 is 0.941 bits per heavy atom. The van der Waals surface area contributed by atoms with Gasteiger partial charge in [-0.25, -0.2) is 16.8 Å². The summed E-state index contributed by atoms with van der Waals surface area (Å²) in [7, 11) is -3.43. The summed E-state index contributed by atoms with van der Waals surface area (Å²) in [5.74, 6) is 0.427. The third-order valence-electron chi connectivity index (χ3n) is 8.88. The van der Waals surface area contributed by atoms with E-state index >= 15 is 0 Å². The second kappa shape index (κ2) is 17.6. The normalized spacial score (nSPS) is 20.1. The molecule has 51 heavy (non-hydrogen) atoms. The van der Waals surface area contributed by atoms with E-state index in [1.807, 2.05) is 13.8 Å². The van der Waals surface area contributed by atoms with Gasteiger partial charge in [0.2, 0.25) is 10.0 Å². The number of carbonyl (C=O) groups is 1. The Morgan fingerprint density at radius 3 is 2.14 bits per heavy atom. The van der Waals surface area contributed by atoms with Crippen LogP contribution in [0.2, 0.25) is 0 Å². The van der Waals surface area contributed by atoms with Crippen LogP contribution >= 0.6 is 0 Å². The van der Waals surface area contributed by atoms with E-state index in [2.05, 4.69) is 4.72 Å². The van der Waals surface area contributed by atoms with E-state index in [9.17, 15) is 26.7 Å². The minimum Gasteiger partial charge on any atom is -0.497 e. The highest BCUT2D eigenvalue weighted by atomic mass is 32.2. The first-order valence-electron chi connectivity index (χ1n) is 16.8. The number of rotatable bonds is 11. The Labute approximate surface area is 301 Å². The second-order valence-electron chi connectivity index (χ2n) is 12.8. The van der Waals surface area contributed by atoms with Crippen molar-refractivity contribution in [2.45, 2.75) is 68.1 Å². The van der Waals surface area contributed by atoms with Crippen LogP contribution in [0.5, 0.6) is 17.2 Å². The van der Waals surface area contributed by atoms with Crippen LogP contribution in [0.15, 0.2) is 76.5 Å². The summed E-state index contributed by atoms with van der Waals surface area (Å²) >= 11 is 0. The lowest BCUT2D eigenvalue weighted by Crippen LogP contribution is -2.48. The predicted octanol–water partition coefficient (Wildman–Crippen LogP) is 4.62. The summed E-state index contributed by atoms with van der Waals surface area (Å²) in [5.41, 5.74) is 0.254. The van der Waals surface area contributed by atoms with Gasteiger partial charge in [0.25, 0.3) is 15.9 Å². The molecule has 1 heterocycles. The number of methoxy groups -OCH3 is 2. The Balaban J connectivity index is 1.66. The van der Waals surface area contributed by atoms with E-state index in [1.54, 1.807) is 25.1 Å². The van der Waals surface area contributed by atoms with Gasteiger partial charge in [0.15, 0.2) is 0 Å². The van der Waals surface area contributed by atoms with Gasteiger partial charge >= 0.3 is 0 Å². The molecule has 0 radical (unpaired) electrons. The highest BCUT2D eigenvalue weighted by Gasteiger charge is 2.32. The highest BCUT2D eigenvalue weighted by Crippen LogP contribution is 2.30. The van der Waals surface area contributed by atoms with Crippen molar-refractivity contribution in [3.8, 4) is 17.2 Å². The number of amides is 1. The van der Waals surface area contributed by atoms with Gasteiger partial charge < -0.3 is 29.0 Å². The summed E-state index contributed by atoms with van der Waals surface area (Å²) < 4.78 is 80.3. The molecule has 0 saturated carbocycles. The first kappa shape index (κ1) is 39.9. The first-order valence-corrected chi connectivity index (χ1v) is 19.7. The Morgan fingerprint density at radius 2 is 1.55 bits per heavy atom. The van der Waals surface area contributed by atoms with Crippen molar-refractivity contribution >= 4 is 31.6 Å². The molecule has 0 aliphatic carbocycles. The molecule has 0 bridgehead atoms. The van der Waals surface area contributed by atoms with Crippen molar-refractivity contribution in [2.24, 2.45) is 5.92 Å². The molecule has 2 N–H and O–H groups in total. The van der Waals surface area contributed by atoms with E-state index in [1.165, 1.54) is 79.0 Å². The molecule has 15 heteroatoms. The molecule has 3 aromatic carbocycles. The van der Waals surface area contributed by atoms with Crippen molar-refractivity contribution in [3.63, 3.8) is 0 Å². The second-order valence-corrected chi connectivity index (χ2v) is 16.5. The third-order valence-corrected chi connectivity index (χ3v) is 12.1. The number of sulfonamides is 2. The molecule has 4 atom stereocenters. The molecule has 1 amide bonds. The molecular formula is C36H49N3O10S2. The first-order chi connectivity index (χ1) is 24.2. The van der Waals surface area contributed by atoms with Crippen LogP contribution < -0.4 is 18.9 Å². The lowest BCUT2D eigenvalue weighted by molar-refractivity contribution is -0.00833. The molecule has 0 aromatic heterocycles. The SMILES string of the molecule is COc1ccc(S(=O)(=O)Nc2ccc3c(c2)C(=O)N([C@H](C)CO)C[C@@H](C)[C@@H](CN(C)S(=O)(=O)c2ccc(OC)cc2)OCCCC[C@H](C)O3)cc1. The zero-order chi connectivity index (χ0) is 37.3. The van der Waals surface area contributed by atoms with Gasteiger partial charge in [-0.05, 0) is 99.8 Å². The van der Waals surface area contributed by atoms with Crippen molar-refractivity contribution in [1.82, 2.24) is 9.21 Å². The van der Waals surface area contributed by atoms with E-state index in [0.29, 0.717) is 30.9 Å². The number of hydrogen-bond donors (Lipinski definition) is 2. The smallest absolute Gasteiger partial charge is 0.261 e. The predicted molar refractivity (Wildman–Crippen MR) is 193 cm³/mol. The van der Waals surface area contributed by atoms with Crippen LogP contribution in [0.25, 0.3) is 0 Å². The number of aliphatic hydroxyl groups is 1. The minimum absolute atomic E-state index is 0.00829. The van der Waals surface area contributed by atoms with Crippen LogP contribution in [-0.2, 0) is 24.8 Å². The molecule has 0 fully saturated rings. The van der Waals surface area contributed by atoms with E-state index < -0.39 is 38.1 Å². The number of carbonyl (C=O) groups excluding carboxylic acids is 1. The van der Waals surface area contributed by atoms with E-state index in [-0.39, 0.29) is 58.5 Å². The molecule has 1 aliphatic heterocycles. The Bertz CT molecular complexity index is 1820. The summed E-state index contributed by atoms with van der Waals surface area (Å²) in [5, 5.41) is 10.3. The maximum atomic E-state index is 14.4. The van der Waals surface area contributed by atoms with Gasteiger partial charge in [-0.1, -0.05) is 6.92 Å². The molecule has 3 aromatic rings. The van der Waals surface area contributed by atoms with Crippen LogP contribution in [-0.4, -0.2) is 103 Å². The van der Waals surface area contributed by atoms with Crippen LogP contribution in [0.1, 0.15) is 50.4 Å². The topological polar surface area (TPSA) is 161 Å². The van der Waals surface area contributed by atoms with Gasteiger partial charge in [0, 0.05) is 38.3 Å². The fraction of sp³-hybridized carbons (Fsp3) is 0.472.